The van der Waals surface area contributed by atoms with Gasteiger partial charge in [-0.3, -0.25) is 9.59 Å². The van der Waals surface area contributed by atoms with Crippen molar-refractivity contribution in [2.24, 2.45) is 17.8 Å². The van der Waals surface area contributed by atoms with E-state index < -0.39 is 18.2 Å². The van der Waals surface area contributed by atoms with Crippen molar-refractivity contribution < 1.29 is 24.9 Å². The molecule has 0 heterocycles. The molecule has 144 valence electrons. The number of aliphatic hydroxyl groups excluding tert-OH is 2. The second kappa shape index (κ2) is 11.7. The van der Waals surface area contributed by atoms with E-state index in [0.717, 1.165) is 0 Å². The standard InChI is InChI=1S/C21H30O5/c1-3-4-9-15(2)18(22)13-12-17-16(19(23)14-20(17)24)10-7-5-6-8-11-21(25)26/h5,7,12-13,15-18,20,22,24H,6,8-11,14H2,1-2H3,(H,25,26)/b7-5-,13-12+/t15?,16-,17-,18-,20-/m1/s1. The van der Waals surface area contributed by atoms with Crippen LogP contribution in [-0.2, 0) is 9.59 Å². The SMILES string of the molecule is CC#CCC(C)[C@H](O)/C=C/[C@H]1[C@H](O)CC(=O)[C@@H]1C/C=C\CCCC(=O)O. The Morgan fingerprint density at radius 2 is 2.12 bits per heavy atom. The number of aliphatic hydroxyl groups is 2. The number of hydrogen-bond donors (Lipinski definition) is 3. The molecule has 0 aromatic rings. The van der Waals surface area contributed by atoms with Crippen LogP contribution in [0.1, 0.15) is 52.4 Å². The van der Waals surface area contributed by atoms with E-state index >= 15 is 0 Å². The molecule has 0 radical (unpaired) electrons. The zero-order valence-corrected chi connectivity index (χ0v) is 15.6. The van der Waals surface area contributed by atoms with E-state index in [2.05, 4.69) is 11.8 Å². The first-order valence-electron chi connectivity index (χ1n) is 9.20. The van der Waals surface area contributed by atoms with Crippen molar-refractivity contribution in [3.05, 3.63) is 24.3 Å². The van der Waals surface area contributed by atoms with Crippen molar-refractivity contribution in [3.63, 3.8) is 0 Å². The van der Waals surface area contributed by atoms with Crippen LogP contribution < -0.4 is 0 Å². The minimum atomic E-state index is -0.810. The molecule has 0 aromatic heterocycles. The molecular formula is C21H30O5. The van der Waals surface area contributed by atoms with Gasteiger partial charge in [0.1, 0.15) is 5.78 Å². The molecule has 3 N–H and O–H groups in total. The predicted octanol–water partition coefficient (Wildman–Crippen LogP) is 2.72. The Morgan fingerprint density at radius 3 is 2.77 bits per heavy atom. The smallest absolute Gasteiger partial charge is 0.303 e. The molecule has 1 fully saturated rings. The molecule has 0 bridgehead atoms. The number of rotatable bonds is 10. The van der Waals surface area contributed by atoms with Crippen LogP contribution >= 0.6 is 0 Å². The summed E-state index contributed by atoms with van der Waals surface area (Å²) in [6.45, 7) is 3.67. The summed E-state index contributed by atoms with van der Waals surface area (Å²) < 4.78 is 0. The minimum Gasteiger partial charge on any atom is -0.481 e. The molecule has 1 rings (SSSR count). The van der Waals surface area contributed by atoms with Gasteiger partial charge < -0.3 is 15.3 Å². The molecular weight excluding hydrogens is 332 g/mol. The van der Waals surface area contributed by atoms with Gasteiger partial charge in [0.05, 0.1) is 12.2 Å². The van der Waals surface area contributed by atoms with Crippen molar-refractivity contribution in [3.8, 4) is 11.8 Å². The Balaban J connectivity index is 2.59. The number of aliphatic carboxylic acids is 1. The maximum atomic E-state index is 12.1. The lowest BCUT2D eigenvalue weighted by Gasteiger charge is -2.18. The molecule has 5 heteroatoms. The Labute approximate surface area is 155 Å². The number of allylic oxidation sites excluding steroid dienone is 2. The number of carbonyl (C=O) groups is 2. The van der Waals surface area contributed by atoms with E-state index in [1.165, 1.54) is 0 Å². The summed E-state index contributed by atoms with van der Waals surface area (Å²) in [5.74, 6) is 4.35. The zero-order chi connectivity index (χ0) is 19.5. The average Bonchev–Trinajstić information content (AvgIpc) is 2.86. The highest BCUT2D eigenvalue weighted by Gasteiger charge is 2.39. The molecule has 1 aliphatic rings. The lowest BCUT2D eigenvalue weighted by atomic mass is 9.89. The van der Waals surface area contributed by atoms with Gasteiger partial charge in [0.25, 0.3) is 0 Å². The first-order valence-corrected chi connectivity index (χ1v) is 9.20. The number of hydrogen-bond acceptors (Lipinski definition) is 4. The van der Waals surface area contributed by atoms with Crippen molar-refractivity contribution in [1.29, 1.82) is 0 Å². The topological polar surface area (TPSA) is 94.8 Å². The second-order valence-electron chi connectivity index (χ2n) is 6.90. The van der Waals surface area contributed by atoms with Gasteiger partial charge >= 0.3 is 5.97 Å². The molecule has 0 amide bonds. The van der Waals surface area contributed by atoms with Crippen LogP contribution in [0.3, 0.4) is 0 Å². The first kappa shape index (κ1) is 22.1. The highest BCUT2D eigenvalue weighted by Crippen LogP contribution is 2.33. The van der Waals surface area contributed by atoms with E-state index in [0.29, 0.717) is 25.7 Å². The molecule has 5 nitrogen and oxygen atoms in total. The van der Waals surface area contributed by atoms with Gasteiger partial charge in [-0.05, 0) is 32.1 Å². The van der Waals surface area contributed by atoms with E-state index in [1.54, 1.807) is 19.1 Å². The quantitative estimate of drug-likeness (QED) is 0.315. The van der Waals surface area contributed by atoms with Gasteiger partial charge in [-0.1, -0.05) is 31.2 Å². The van der Waals surface area contributed by atoms with Crippen molar-refractivity contribution in [2.75, 3.05) is 0 Å². The third kappa shape index (κ3) is 7.55. The van der Waals surface area contributed by atoms with Crippen LogP contribution in [-0.4, -0.2) is 39.3 Å². The summed E-state index contributed by atoms with van der Waals surface area (Å²) >= 11 is 0. The van der Waals surface area contributed by atoms with E-state index in [4.69, 9.17) is 5.11 Å². The maximum absolute atomic E-state index is 12.1. The van der Waals surface area contributed by atoms with Crippen LogP contribution in [0.4, 0.5) is 0 Å². The molecule has 1 aliphatic carbocycles. The summed E-state index contributed by atoms with van der Waals surface area (Å²) in [5, 5.41) is 28.9. The fourth-order valence-electron chi connectivity index (χ4n) is 3.07. The van der Waals surface area contributed by atoms with Crippen LogP contribution in [0.15, 0.2) is 24.3 Å². The third-order valence-corrected chi connectivity index (χ3v) is 4.77. The van der Waals surface area contributed by atoms with Crippen molar-refractivity contribution in [1.82, 2.24) is 0 Å². The average molecular weight is 362 g/mol. The summed E-state index contributed by atoms with van der Waals surface area (Å²) in [5.41, 5.74) is 0. The van der Waals surface area contributed by atoms with Crippen molar-refractivity contribution in [2.45, 2.75) is 64.6 Å². The Bertz CT molecular complexity index is 581. The number of carboxylic acid groups (broad SMARTS) is 1. The van der Waals surface area contributed by atoms with Gasteiger partial charge in [0.2, 0.25) is 0 Å². The van der Waals surface area contributed by atoms with E-state index in [1.807, 2.05) is 19.1 Å². The Hall–Kier alpha value is -1.90. The summed E-state index contributed by atoms with van der Waals surface area (Å²) in [4.78, 5) is 22.6. The van der Waals surface area contributed by atoms with Gasteiger partial charge in [-0.25, -0.2) is 0 Å². The third-order valence-electron chi connectivity index (χ3n) is 4.77. The van der Waals surface area contributed by atoms with Crippen LogP contribution in [0.5, 0.6) is 0 Å². The predicted molar refractivity (Wildman–Crippen MR) is 100 cm³/mol. The lowest BCUT2D eigenvalue weighted by molar-refractivity contribution is -0.137. The molecule has 1 saturated carbocycles. The minimum absolute atomic E-state index is 0.0134. The Kier molecular flexibility index (Phi) is 9.93. The second-order valence-corrected chi connectivity index (χ2v) is 6.90. The van der Waals surface area contributed by atoms with Gasteiger partial charge in [0, 0.05) is 31.1 Å². The summed E-state index contributed by atoms with van der Waals surface area (Å²) in [6, 6.07) is 0. The molecule has 0 aromatic carbocycles. The molecule has 0 spiro atoms. The number of Topliss-reactive ketones (excluding diaryl/α,β-unsaturated/α-hetero) is 1. The number of unbranched alkanes of at least 4 members (excludes halogenated alkanes) is 1. The van der Waals surface area contributed by atoms with Gasteiger partial charge in [-0.2, -0.15) is 0 Å². The largest absolute Gasteiger partial charge is 0.481 e. The maximum Gasteiger partial charge on any atom is 0.303 e. The monoisotopic (exact) mass is 362 g/mol. The Morgan fingerprint density at radius 1 is 1.38 bits per heavy atom. The number of carboxylic acids is 1. The molecule has 0 aliphatic heterocycles. The number of carbonyl (C=O) groups excluding carboxylic acids is 1. The van der Waals surface area contributed by atoms with Crippen LogP contribution in [0.2, 0.25) is 0 Å². The lowest BCUT2D eigenvalue weighted by Crippen LogP contribution is -2.20. The highest BCUT2D eigenvalue weighted by molar-refractivity contribution is 5.84. The fourth-order valence-corrected chi connectivity index (χ4v) is 3.07. The highest BCUT2D eigenvalue weighted by atomic mass is 16.4. The molecule has 0 saturated heterocycles. The molecule has 26 heavy (non-hydrogen) atoms. The summed E-state index contributed by atoms with van der Waals surface area (Å²) in [6.07, 6.45) is 8.44. The van der Waals surface area contributed by atoms with Crippen LogP contribution in [0, 0.1) is 29.6 Å². The van der Waals surface area contributed by atoms with E-state index in [-0.39, 0.29) is 36.4 Å². The van der Waals surface area contributed by atoms with Gasteiger partial charge in [-0.15, -0.1) is 11.8 Å². The fraction of sp³-hybridized carbons (Fsp3) is 0.619. The van der Waals surface area contributed by atoms with Crippen LogP contribution in [0.25, 0.3) is 0 Å². The summed E-state index contributed by atoms with van der Waals surface area (Å²) in [7, 11) is 0. The normalized spacial score (nSPS) is 25.4. The first-order chi connectivity index (χ1) is 12.4. The number of ketones is 1. The van der Waals surface area contributed by atoms with E-state index in [9.17, 15) is 19.8 Å². The molecule has 5 atom stereocenters. The molecule has 1 unspecified atom stereocenters. The zero-order valence-electron chi connectivity index (χ0n) is 15.6. The van der Waals surface area contributed by atoms with Gasteiger partial charge in [0.15, 0.2) is 0 Å². The van der Waals surface area contributed by atoms with Crippen molar-refractivity contribution >= 4 is 11.8 Å².